The highest BCUT2D eigenvalue weighted by atomic mass is 16.5. The number of nitrogens with one attached hydrogen (secondary N) is 1. The zero-order chi connectivity index (χ0) is 11.4. The molecule has 16 heavy (non-hydrogen) atoms. The first-order valence-corrected chi connectivity index (χ1v) is 6.20. The molecule has 1 saturated heterocycles. The molecule has 1 aliphatic heterocycles. The highest BCUT2D eigenvalue weighted by Gasteiger charge is 2.34. The van der Waals surface area contributed by atoms with E-state index in [2.05, 4.69) is 30.4 Å². The van der Waals surface area contributed by atoms with Crippen molar-refractivity contribution >= 4 is 0 Å². The molecule has 1 fully saturated rings. The van der Waals surface area contributed by atoms with Gasteiger partial charge in [0.1, 0.15) is 5.75 Å². The highest BCUT2D eigenvalue weighted by Crippen LogP contribution is 2.36. The second-order valence-corrected chi connectivity index (χ2v) is 4.59. The number of ether oxygens (including phenoxy) is 1. The Balaban J connectivity index is 2.30. The minimum atomic E-state index is 0.198. The third-order valence-corrected chi connectivity index (χ3v) is 3.54. The number of methoxy groups -OCH3 is 1. The fourth-order valence-corrected chi connectivity index (χ4v) is 2.76. The number of hydrogen-bond acceptors (Lipinski definition) is 2. The van der Waals surface area contributed by atoms with Crippen LogP contribution in [-0.4, -0.2) is 13.7 Å². The van der Waals surface area contributed by atoms with Gasteiger partial charge in [0.15, 0.2) is 0 Å². The van der Waals surface area contributed by atoms with Gasteiger partial charge >= 0.3 is 0 Å². The lowest BCUT2D eigenvalue weighted by Crippen LogP contribution is -2.36. The van der Waals surface area contributed by atoms with Crippen molar-refractivity contribution in [3.63, 3.8) is 0 Å². The first-order chi connectivity index (χ1) is 7.80. The van der Waals surface area contributed by atoms with E-state index < -0.39 is 0 Å². The molecule has 2 rings (SSSR count). The lowest BCUT2D eigenvalue weighted by atomic mass is 9.84. The Kier molecular flexibility index (Phi) is 3.49. The zero-order valence-electron chi connectivity index (χ0n) is 10.3. The van der Waals surface area contributed by atoms with Crippen LogP contribution in [0.2, 0.25) is 0 Å². The molecular formula is C14H21NO. The van der Waals surface area contributed by atoms with Gasteiger partial charge in [0, 0.05) is 5.54 Å². The maximum Gasteiger partial charge on any atom is 0.119 e. The number of benzene rings is 1. The monoisotopic (exact) mass is 219 g/mol. The molecule has 1 N–H and O–H groups in total. The number of rotatable bonds is 4. The van der Waals surface area contributed by atoms with Gasteiger partial charge in [0.2, 0.25) is 0 Å². The van der Waals surface area contributed by atoms with E-state index in [0.717, 1.165) is 12.3 Å². The summed E-state index contributed by atoms with van der Waals surface area (Å²) in [6.45, 7) is 3.39. The SMILES string of the molecule is CCCC1(c2cccc(OC)c2)CCCN1. The van der Waals surface area contributed by atoms with E-state index in [4.69, 9.17) is 4.74 Å². The molecule has 0 spiro atoms. The van der Waals surface area contributed by atoms with Gasteiger partial charge in [-0.25, -0.2) is 0 Å². The Hall–Kier alpha value is -1.02. The maximum atomic E-state index is 5.31. The molecule has 0 aromatic heterocycles. The fraction of sp³-hybridized carbons (Fsp3) is 0.571. The minimum Gasteiger partial charge on any atom is -0.497 e. The van der Waals surface area contributed by atoms with Crippen molar-refractivity contribution in [3.8, 4) is 5.75 Å². The predicted molar refractivity (Wildman–Crippen MR) is 66.8 cm³/mol. The van der Waals surface area contributed by atoms with Gasteiger partial charge in [-0.15, -0.1) is 0 Å². The summed E-state index contributed by atoms with van der Waals surface area (Å²) in [6.07, 6.45) is 4.94. The largest absolute Gasteiger partial charge is 0.497 e. The molecule has 1 aromatic rings. The minimum absolute atomic E-state index is 0.198. The van der Waals surface area contributed by atoms with Crippen molar-refractivity contribution in [3.05, 3.63) is 29.8 Å². The van der Waals surface area contributed by atoms with Crippen molar-refractivity contribution in [2.24, 2.45) is 0 Å². The summed E-state index contributed by atoms with van der Waals surface area (Å²) in [5.74, 6) is 0.960. The van der Waals surface area contributed by atoms with E-state index in [0.29, 0.717) is 0 Å². The molecule has 0 radical (unpaired) electrons. The van der Waals surface area contributed by atoms with Gasteiger partial charge < -0.3 is 10.1 Å². The van der Waals surface area contributed by atoms with Gasteiger partial charge in [-0.2, -0.15) is 0 Å². The van der Waals surface area contributed by atoms with E-state index in [1.54, 1.807) is 7.11 Å². The van der Waals surface area contributed by atoms with Crippen LogP contribution in [0.3, 0.4) is 0 Å². The normalized spacial score (nSPS) is 24.6. The van der Waals surface area contributed by atoms with E-state index >= 15 is 0 Å². The Bertz CT molecular complexity index is 342. The van der Waals surface area contributed by atoms with Crippen molar-refractivity contribution in [2.75, 3.05) is 13.7 Å². The summed E-state index contributed by atoms with van der Waals surface area (Å²) in [7, 11) is 1.73. The Labute approximate surface area is 98.0 Å². The zero-order valence-corrected chi connectivity index (χ0v) is 10.3. The molecule has 0 saturated carbocycles. The summed E-state index contributed by atoms with van der Waals surface area (Å²) >= 11 is 0. The molecular weight excluding hydrogens is 198 g/mol. The third kappa shape index (κ3) is 2.07. The molecule has 88 valence electrons. The lowest BCUT2D eigenvalue weighted by molar-refractivity contribution is 0.352. The van der Waals surface area contributed by atoms with Crippen molar-refractivity contribution in [2.45, 2.75) is 38.1 Å². The lowest BCUT2D eigenvalue weighted by Gasteiger charge is -2.30. The molecule has 1 unspecified atom stereocenters. The predicted octanol–water partition coefficient (Wildman–Crippen LogP) is 3.07. The van der Waals surface area contributed by atoms with Crippen LogP contribution in [0.5, 0.6) is 5.75 Å². The van der Waals surface area contributed by atoms with Crippen LogP contribution in [0.15, 0.2) is 24.3 Å². The molecule has 1 aromatic carbocycles. The third-order valence-electron chi connectivity index (χ3n) is 3.54. The van der Waals surface area contributed by atoms with Gasteiger partial charge in [-0.05, 0) is 43.5 Å². The van der Waals surface area contributed by atoms with Crippen LogP contribution in [0.4, 0.5) is 0 Å². The molecule has 1 heterocycles. The average molecular weight is 219 g/mol. The molecule has 0 aliphatic carbocycles. The first-order valence-electron chi connectivity index (χ1n) is 6.20. The van der Waals surface area contributed by atoms with Crippen LogP contribution < -0.4 is 10.1 Å². The van der Waals surface area contributed by atoms with Gasteiger partial charge in [0.25, 0.3) is 0 Å². The molecule has 1 atom stereocenters. The Morgan fingerprint density at radius 1 is 1.44 bits per heavy atom. The van der Waals surface area contributed by atoms with Gasteiger partial charge in [0.05, 0.1) is 7.11 Å². The Morgan fingerprint density at radius 3 is 2.94 bits per heavy atom. The van der Waals surface area contributed by atoms with E-state index in [-0.39, 0.29) is 5.54 Å². The topological polar surface area (TPSA) is 21.3 Å². The molecule has 1 aliphatic rings. The van der Waals surface area contributed by atoms with Crippen LogP contribution in [0.1, 0.15) is 38.2 Å². The summed E-state index contributed by atoms with van der Waals surface area (Å²) in [5.41, 5.74) is 1.58. The second-order valence-electron chi connectivity index (χ2n) is 4.59. The van der Waals surface area contributed by atoms with Crippen LogP contribution in [-0.2, 0) is 5.54 Å². The van der Waals surface area contributed by atoms with Crippen LogP contribution >= 0.6 is 0 Å². The summed E-state index contributed by atoms with van der Waals surface area (Å²) in [5, 5.41) is 3.68. The van der Waals surface area contributed by atoms with Crippen molar-refractivity contribution in [1.82, 2.24) is 5.32 Å². The number of hydrogen-bond donors (Lipinski definition) is 1. The summed E-state index contributed by atoms with van der Waals surface area (Å²) in [4.78, 5) is 0. The van der Waals surface area contributed by atoms with Crippen molar-refractivity contribution < 1.29 is 4.74 Å². The van der Waals surface area contributed by atoms with Gasteiger partial charge in [-0.3, -0.25) is 0 Å². The van der Waals surface area contributed by atoms with E-state index in [9.17, 15) is 0 Å². The maximum absolute atomic E-state index is 5.31. The van der Waals surface area contributed by atoms with E-state index in [1.807, 2.05) is 6.07 Å². The smallest absolute Gasteiger partial charge is 0.119 e. The van der Waals surface area contributed by atoms with E-state index in [1.165, 1.54) is 31.2 Å². The van der Waals surface area contributed by atoms with Crippen LogP contribution in [0, 0.1) is 0 Å². The summed E-state index contributed by atoms with van der Waals surface area (Å²) in [6, 6.07) is 8.49. The second kappa shape index (κ2) is 4.88. The fourth-order valence-electron chi connectivity index (χ4n) is 2.76. The van der Waals surface area contributed by atoms with Crippen LogP contribution in [0.25, 0.3) is 0 Å². The highest BCUT2D eigenvalue weighted by molar-refractivity contribution is 5.34. The first kappa shape index (κ1) is 11.5. The Morgan fingerprint density at radius 2 is 2.31 bits per heavy atom. The molecule has 0 bridgehead atoms. The average Bonchev–Trinajstić information content (AvgIpc) is 2.80. The van der Waals surface area contributed by atoms with Crippen molar-refractivity contribution in [1.29, 1.82) is 0 Å². The van der Waals surface area contributed by atoms with Gasteiger partial charge in [-0.1, -0.05) is 25.5 Å². The molecule has 2 nitrogen and oxygen atoms in total. The summed E-state index contributed by atoms with van der Waals surface area (Å²) < 4.78 is 5.31. The quantitative estimate of drug-likeness (QED) is 0.840. The molecule has 0 amide bonds. The molecule has 2 heteroatoms. The standard InChI is InChI=1S/C14H21NO/c1-3-8-14(9-5-10-15-14)12-6-4-7-13(11-12)16-2/h4,6-7,11,15H,3,5,8-10H2,1-2H3.